The Kier molecular flexibility index (Phi) is 3.74. The van der Waals surface area contributed by atoms with Gasteiger partial charge in [-0.25, -0.2) is 4.39 Å². The SMILES string of the molecule is CN(CCNC(=O)c1ccccc1F)C1CC1. The number of halogens is 1. The van der Waals surface area contributed by atoms with Crippen molar-refractivity contribution in [3.05, 3.63) is 35.6 Å². The van der Waals surface area contributed by atoms with Gasteiger partial charge in [0.1, 0.15) is 5.82 Å². The highest BCUT2D eigenvalue weighted by Crippen LogP contribution is 2.24. The number of hydrogen-bond donors (Lipinski definition) is 1. The molecule has 1 aliphatic rings. The van der Waals surface area contributed by atoms with Gasteiger partial charge in [-0.1, -0.05) is 12.1 Å². The molecule has 0 heterocycles. The zero-order valence-electron chi connectivity index (χ0n) is 9.95. The third-order valence-electron chi connectivity index (χ3n) is 3.04. The number of nitrogens with zero attached hydrogens (tertiary/aromatic N) is 1. The maximum Gasteiger partial charge on any atom is 0.254 e. The number of carbonyl (C=O) groups excluding carboxylic acids is 1. The number of carbonyl (C=O) groups is 1. The summed E-state index contributed by atoms with van der Waals surface area (Å²) in [4.78, 5) is 13.9. The molecule has 1 amide bonds. The van der Waals surface area contributed by atoms with Gasteiger partial charge in [0.2, 0.25) is 0 Å². The summed E-state index contributed by atoms with van der Waals surface area (Å²) in [6, 6.07) is 6.71. The largest absolute Gasteiger partial charge is 0.351 e. The molecule has 0 aliphatic heterocycles. The molecule has 0 spiro atoms. The molecule has 17 heavy (non-hydrogen) atoms. The number of likely N-dealkylation sites (N-methyl/N-ethyl adjacent to an activating group) is 1. The summed E-state index contributed by atoms with van der Waals surface area (Å²) in [6.45, 7) is 1.37. The lowest BCUT2D eigenvalue weighted by Gasteiger charge is -2.15. The van der Waals surface area contributed by atoms with E-state index >= 15 is 0 Å². The van der Waals surface area contributed by atoms with Gasteiger partial charge in [0.15, 0.2) is 0 Å². The van der Waals surface area contributed by atoms with E-state index in [0.717, 1.165) is 6.54 Å². The minimum Gasteiger partial charge on any atom is -0.351 e. The minimum atomic E-state index is -0.472. The number of rotatable bonds is 5. The standard InChI is InChI=1S/C13H17FN2O/c1-16(10-6-7-10)9-8-15-13(17)11-4-2-3-5-12(11)14/h2-5,10H,6-9H2,1H3,(H,15,17). The molecule has 0 bridgehead atoms. The lowest BCUT2D eigenvalue weighted by molar-refractivity contribution is 0.0945. The minimum absolute atomic E-state index is 0.113. The molecule has 3 nitrogen and oxygen atoms in total. The van der Waals surface area contributed by atoms with Crippen molar-refractivity contribution in [1.29, 1.82) is 0 Å². The Labute approximate surface area is 101 Å². The predicted octanol–water partition coefficient (Wildman–Crippen LogP) is 1.65. The van der Waals surface area contributed by atoms with Crippen molar-refractivity contribution in [1.82, 2.24) is 10.2 Å². The van der Waals surface area contributed by atoms with Crippen LogP contribution in [0.5, 0.6) is 0 Å². The van der Waals surface area contributed by atoms with E-state index in [-0.39, 0.29) is 11.5 Å². The van der Waals surface area contributed by atoms with E-state index in [1.54, 1.807) is 12.1 Å². The van der Waals surface area contributed by atoms with Crippen LogP contribution in [0.25, 0.3) is 0 Å². The second-order valence-corrected chi connectivity index (χ2v) is 4.45. The molecule has 2 rings (SSSR count). The summed E-state index contributed by atoms with van der Waals surface area (Å²) >= 11 is 0. The summed E-state index contributed by atoms with van der Waals surface area (Å²) in [5.74, 6) is -0.812. The second-order valence-electron chi connectivity index (χ2n) is 4.45. The van der Waals surface area contributed by atoms with E-state index < -0.39 is 5.82 Å². The van der Waals surface area contributed by atoms with Gasteiger partial charge in [-0.2, -0.15) is 0 Å². The molecule has 1 N–H and O–H groups in total. The summed E-state index contributed by atoms with van der Waals surface area (Å²) in [5, 5.41) is 2.73. The first-order valence-corrected chi connectivity index (χ1v) is 5.91. The second kappa shape index (κ2) is 5.27. The Hall–Kier alpha value is -1.42. The van der Waals surface area contributed by atoms with Crippen molar-refractivity contribution in [3.8, 4) is 0 Å². The molecule has 4 heteroatoms. The molecule has 0 atom stereocenters. The Balaban J connectivity index is 1.79. The van der Waals surface area contributed by atoms with Gasteiger partial charge < -0.3 is 10.2 Å². The van der Waals surface area contributed by atoms with Gasteiger partial charge >= 0.3 is 0 Å². The Morgan fingerprint density at radius 3 is 2.82 bits per heavy atom. The molecule has 1 aliphatic carbocycles. The quantitative estimate of drug-likeness (QED) is 0.843. The third kappa shape index (κ3) is 3.27. The fraction of sp³-hybridized carbons (Fsp3) is 0.462. The number of benzene rings is 1. The molecule has 0 unspecified atom stereocenters. The first-order chi connectivity index (χ1) is 8.18. The topological polar surface area (TPSA) is 32.3 Å². The maximum atomic E-state index is 13.3. The van der Waals surface area contributed by atoms with Crippen LogP contribution in [-0.2, 0) is 0 Å². The fourth-order valence-electron chi connectivity index (χ4n) is 1.78. The van der Waals surface area contributed by atoms with Crippen LogP contribution < -0.4 is 5.32 Å². The molecule has 0 saturated heterocycles. The maximum absolute atomic E-state index is 13.3. The van der Waals surface area contributed by atoms with Crippen LogP contribution in [0.4, 0.5) is 4.39 Å². The lowest BCUT2D eigenvalue weighted by atomic mass is 10.2. The molecule has 1 fully saturated rings. The van der Waals surface area contributed by atoms with E-state index in [9.17, 15) is 9.18 Å². The van der Waals surface area contributed by atoms with Crippen LogP contribution in [0, 0.1) is 5.82 Å². The summed E-state index contributed by atoms with van der Waals surface area (Å²) in [6.07, 6.45) is 2.50. The van der Waals surface area contributed by atoms with E-state index in [1.807, 2.05) is 7.05 Å². The van der Waals surface area contributed by atoms with Gasteiger partial charge in [-0.05, 0) is 32.0 Å². The highest BCUT2D eigenvalue weighted by Gasteiger charge is 2.25. The van der Waals surface area contributed by atoms with Crippen LogP contribution in [0.15, 0.2) is 24.3 Å². The highest BCUT2D eigenvalue weighted by atomic mass is 19.1. The van der Waals surface area contributed by atoms with Crippen LogP contribution in [-0.4, -0.2) is 37.0 Å². The molecule has 1 aromatic carbocycles. The molecule has 1 aromatic rings. The Bertz CT molecular complexity index is 404. The first-order valence-electron chi connectivity index (χ1n) is 5.91. The lowest BCUT2D eigenvalue weighted by Crippen LogP contribution is -2.34. The Morgan fingerprint density at radius 1 is 1.47 bits per heavy atom. The number of hydrogen-bond acceptors (Lipinski definition) is 2. The van der Waals surface area contributed by atoms with Gasteiger partial charge in [0.05, 0.1) is 5.56 Å². The summed E-state index contributed by atoms with van der Waals surface area (Å²) in [7, 11) is 2.05. The number of amides is 1. The Morgan fingerprint density at radius 2 is 2.18 bits per heavy atom. The molecular formula is C13H17FN2O. The average Bonchev–Trinajstić information content (AvgIpc) is 3.13. The molecule has 1 saturated carbocycles. The van der Waals surface area contributed by atoms with E-state index in [4.69, 9.17) is 0 Å². The molecule has 92 valence electrons. The van der Waals surface area contributed by atoms with E-state index in [0.29, 0.717) is 12.6 Å². The van der Waals surface area contributed by atoms with Crippen LogP contribution in [0.1, 0.15) is 23.2 Å². The molecule has 0 radical (unpaired) electrons. The highest BCUT2D eigenvalue weighted by molar-refractivity contribution is 5.94. The average molecular weight is 236 g/mol. The smallest absolute Gasteiger partial charge is 0.254 e. The monoisotopic (exact) mass is 236 g/mol. The van der Waals surface area contributed by atoms with E-state index in [2.05, 4.69) is 10.2 Å². The summed E-state index contributed by atoms with van der Waals surface area (Å²) < 4.78 is 13.3. The van der Waals surface area contributed by atoms with Crippen molar-refractivity contribution in [2.75, 3.05) is 20.1 Å². The van der Waals surface area contributed by atoms with Crippen molar-refractivity contribution in [3.63, 3.8) is 0 Å². The van der Waals surface area contributed by atoms with Gasteiger partial charge in [-0.3, -0.25) is 4.79 Å². The number of nitrogens with one attached hydrogen (secondary N) is 1. The van der Waals surface area contributed by atoms with Crippen molar-refractivity contribution < 1.29 is 9.18 Å². The van der Waals surface area contributed by atoms with E-state index in [1.165, 1.54) is 25.0 Å². The summed E-state index contributed by atoms with van der Waals surface area (Å²) in [5.41, 5.74) is 0.113. The van der Waals surface area contributed by atoms with Crippen molar-refractivity contribution in [2.24, 2.45) is 0 Å². The normalized spacial score (nSPS) is 15.0. The molecular weight excluding hydrogens is 219 g/mol. The van der Waals surface area contributed by atoms with Gasteiger partial charge in [0.25, 0.3) is 5.91 Å². The van der Waals surface area contributed by atoms with Crippen LogP contribution >= 0.6 is 0 Å². The van der Waals surface area contributed by atoms with Crippen molar-refractivity contribution in [2.45, 2.75) is 18.9 Å². The first kappa shape index (κ1) is 12.0. The zero-order chi connectivity index (χ0) is 12.3. The van der Waals surface area contributed by atoms with Gasteiger partial charge in [-0.15, -0.1) is 0 Å². The fourth-order valence-corrected chi connectivity index (χ4v) is 1.78. The van der Waals surface area contributed by atoms with Crippen molar-refractivity contribution >= 4 is 5.91 Å². The third-order valence-corrected chi connectivity index (χ3v) is 3.04. The predicted molar refractivity (Wildman–Crippen MR) is 64.4 cm³/mol. The zero-order valence-corrected chi connectivity index (χ0v) is 9.95. The molecule has 0 aromatic heterocycles. The van der Waals surface area contributed by atoms with Gasteiger partial charge in [0, 0.05) is 19.1 Å². The van der Waals surface area contributed by atoms with Crippen LogP contribution in [0.3, 0.4) is 0 Å². The van der Waals surface area contributed by atoms with Crippen LogP contribution in [0.2, 0.25) is 0 Å².